The van der Waals surface area contributed by atoms with Crippen molar-refractivity contribution in [3.63, 3.8) is 0 Å². The molecule has 1 aromatic heterocycles. The number of benzene rings is 1. The molecule has 1 fully saturated rings. The summed E-state index contributed by atoms with van der Waals surface area (Å²) in [5, 5.41) is 0.120. The van der Waals surface area contributed by atoms with Gasteiger partial charge in [-0.25, -0.2) is 9.37 Å². The summed E-state index contributed by atoms with van der Waals surface area (Å²) in [6.07, 6.45) is 5.03. The molecule has 0 atom stereocenters. The van der Waals surface area contributed by atoms with Crippen LogP contribution in [0.1, 0.15) is 25.7 Å². The van der Waals surface area contributed by atoms with Crippen molar-refractivity contribution in [3.05, 3.63) is 23.0 Å². The number of aromatic nitrogens is 2. The molecule has 1 saturated carbocycles. The number of hydrogen-bond acceptors (Lipinski definition) is 2. The third-order valence-electron chi connectivity index (χ3n) is 3.74. The van der Waals surface area contributed by atoms with Gasteiger partial charge in [-0.15, -0.1) is 0 Å². The van der Waals surface area contributed by atoms with E-state index in [4.69, 9.17) is 17.3 Å². The molecule has 5 heteroatoms. The predicted octanol–water partition coefficient (Wildman–Crippen LogP) is 3.60. The Labute approximate surface area is 110 Å². The third kappa shape index (κ3) is 1.94. The summed E-state index contributed by atoms with van der Waals surface area (Å²) < 4.78 is 15.3. The molecular formula is C13H15ClFN3. The standard InChI is InChI=1S/C13H15ClFN3/c14-9-5-12-11(6-10(9)15)17-13(16)18(12)7-8-3-1-2-4-8/h5-6,8H,1-4,7H2,(H2,16,17). The van der Waals surface area contributed by atoms with Crippen LogP contribution in [-0.2, 0) is 6.54 Å². The highest BCUT2D eigenvalue weighted by Gasteiger charge is 2.19. The lowest BCUT2D eigenvalue weighted by atomic mass is 10.1. The number of rotatable bonds is 2. The third-order valence-corrected chi connectivity index (χ3v) is 4.02. The van der Waals surface area contributed by atoms with E-state index in [1.165, 1.54) is 31.7 Å². The van der Waals surface area contributed by atoms with Crippen LogP contribution in [0.5, 0.6) is 0 Å². The average Bonchev–Trinajstić information content (AvgIpc) is 2.92. The van der Waals surface area contributed by atoms with E-state index in [0.717, 1.165) is 12.1 Å². The maximum atomic E-state index is 13.4. The van der Waals surface area contributed by atoms with Gasteiger partial charge in [0.15, 0.2) is 0 Å². The molecule has 1 heterocycles. The molecule has 2 N–H and O–H groups in total. The van der Waals surface area contributed by atoms with Gasteiger partial charge >= 0.3 is 0 Å². The Morgan fingerprint density at radius 2 is 2.11 bits per heavy atom. The maximum Gasteiger partial charge on any atom is 0.201 e. The van der Waals surface area contributed by atoms with Crippen molar-refractivity contribution in [1.29, 1.82) is 0 Å². The molecule has 1 aliphatic carbocycles. The summed E-state index contributed by atoms with van der Waals surface area (Å²) in [6.45, 7) is 0.851. The van der Waals surface area contributed by atoms with Crippen molar-refractivity contribution in [2.45, 2.75) is 32.2 Å². The van der Waals surface area contributed by atoms with Crippen LogP contribution in [0.15, 0.2) is 12.1 Å². The molecule has 96 valence electrons. The summed E-state index contributed by atoms with van der Waals surface area (Å²) in [4.78, 5) is 4.20. The molecule has 0 spiro atoms. The molecular weight excluding hydrogens is 253 g/mol. The molecule has 0 unspecified atom stereocenters. The van der Waals surface area contributed by atoms with Crippen LogP contribution in [0.4, 0.5) is 10.3 Å². The van der Waals surface area contributed by atoms with Crippen LogP contribution >= 0.6 is 11.6 Å². The second-order valence-electron chi connectivity index (χ2n) is 4.99. The zero-order chi connectivity index (χ0) is 12.7. The zero-order valence-electron chi connectivity index (χ0n) is 10.00. The van der Waals surface area contributed by atoms with Crippen LogP contribution < -0.4 is 5.73 Å². The molecule has 0 saturated heterocycles. The molecule has 3 rings (SSSR count). The predicted molar refractivity (Wildman–Crippen MR) is 71.1 cm³/mol. The van der Waals surface area contributed by atoms with Crippen molar-refractivity contribution in [1.82, 2.24) is 9.55 Å². The van der Waals surface area contributed by atoms with Crippen molar-refractivity contribution >= 4 is 28.6 Å². The topological polar surface area (TPSA) is 43.8 Å². The largest absolute Gasteiger partial charge is 0.369 e. The molecule has 0 aliphatic heterocycles. The first-order chi connectivity index (χ1) is 8.65. The smallest absolute Gasteiger partial charge is 0.201 e. The van der Waals surface area contributed by atoms with Crippen LogP contribution in [0.3, 0.4) is 0 Å². The number of halogens is 2. The molecule has 0 radical (unpaired) electrons. The van der Waals surface area contributed by atoms with Gasteiger partial charge in [0.05, 0.1) is 16.1 Å². The van der Waals surface area contributed by atoms with Gasteiger partial charge in [-0.05, 0) is 24.8 Å². The molecule has 18 heavy (non-hydrogen) atoms. The lowest BCUT2D eigenvalue weighted by Gasteiger charge is -2.12. The number of nitrogens with zero attached hydrogens (tertiary/aromatic N) is 2. The Morgan fingerprint density at radius 3 is 2.83 bits per heavy atom. The Balaban J connectivity index is 2.04. The summed E-state index contributed by atoms with van der Waals surface area (Å²) in [5.41, 5.74) is 7.32. The molecule has 0 bridgehead atoms. The first-order valence-electron chi connectivity index (χ1n) is 6.26. The summed E-state index contributed by atoms with van der Waals surface area (Å²) in [5.74, 6) is 0.641. The van der Waals surface area contributed by atoms with E-state index >= 15 is 0 Å². The zero-order valence-corrected chi connectivity index (χ0v) is 10.8. The first kappa shape index (κ1) is 11.8. The monoisotopic (exact) mass is 267 g/mol. The Hall–Kier alpha value is -1.29. The van der Waals surface area contributed by atoms with E-state index in [2.05, 4.69) is 4.98 Å². The van der Waals surface area contributed by atoms with Gasteiger partial charge in [0.25, 0.3) is 0 Å². The van der Waals surface area contributed by atoms with Crippen molar-refractivity contribution in [3.8, 4) is 0 Å². The van der Waals surface area contributed by atoms with Gasteiger partial charge < -0.3 is 10.3 Å². The number of imidazole rings is 1. The maximum absolute atomic E-state index is 13.4. The first-order valence-corrected chi connectivity index (χ1v) is 6.63. The average molecular weight is 268 g/mol. The number of anilines is 1. The second kappa shape index (κ2) is 4.43. The summed E-state index contributed by atoms with van der Waals surface area (Å²) in [7, 11) is 0. The van der Waals surface area contributed by atoms with Crippen LogP contribution in [-0.4, -0.2) is 9.55 Å². The van der Waals surface area contributed by atoms with Gasteiger partial charge in [0.2, 0.25) is 5.95 Å². The fourth-order valence-electron chi connectivity index (χ4n) is 2.78. The highest BCUT2D eigenvalue weighted by atomic mass is 35.5. The van der Waals surface area contributed by atoms with Crippen LogP contribution in [0.2, 0.25) is 5.02 Å². The number of hydrogen-bond donors (Lipinski definition) is 1. The van der Waals surface area contributed by atoms with Gasteiger partial charge in [-0.2, -0.15) is 0 Å². The van der Waals surface area contributed by atoms with E-state index in [1.54, 1.807) is 6.07 Å². The van der Waals surface area contributed by atoms with Crippen LogP contribution in [0.25, 0.3) is 11.0 Å². The molecule has 0 amide bonds. The molecule has 1 aromatic carbocycles. The summed E-state index contributed by atoms with van der Waals surface area (Å²) >= 11 is 5.83. The van der Waals surface area contributed by atoms with Crippen molar-refractivity contribution < 1.29 is 4.39 Å². The van der Waals surface area contributed by atoms with Gasteiger partial charge in [-0.1, -0.05) is 24.4 Å². The SMILES string of the molecule is Nc1nc2cc(F)c(Cl)cc2n1CC1CCCC1. The van der Waals surface area contributed by atoms with Gasteiger partial charge in [-0.3, -0.25) is 0 Å². The summed E-state index contributed by atoms with van der Waals surface area (Å²) in [6, 6.07) is 2.96. The van der Waals surface area contributed by atoms with E-state index in [1.807, 2.05) is 4.57 Å². The molecule has 2 aromatic rings. The number of fused-ring (bicyclic) bond motifs is 1. The normalized spacial score (nSPS) is 16.8. The highest BCUT2D eigenvalue weighted by molar-refractivity contribution is 6.31. The van der Waals surface area contributed by atoms with E-state index in [9.17, 15) is 4.39 Å². The van der Waals surface area contributed by atoms with Crippen molar-refractivity contribution in [2.75, 3.05) is 5.73 Å². The fourth-order valence-corrected chi connectivity index (χ4v) is 2.94. The minimum Gasteiger partial charge on any atom is -0.369 e. The highest BCUT2D eigenvalue weighted by Crippen LogP contribution is 2.30. The fraction of sp³-hybridized carbons (Fsp3) is 0.462. The van der Waals surface area contributed by atoms with Crippen molar-refractivity contribution in [2.24, 2.45) is 5.92 Å². The minimum absolute atomic E-state index is 0.120. The van der Waals surface area contributed by atoms with E-state index in [0.29, 0.717) is 17.4 Å². The van der Waals surface area contributed by atoms with E-state index in [-0.39, 0.29) is 5.02 Å². The number of nitrogens with two attached hydrogens (primary N) is 1. The van der Waals surface area contributed by atoms with Gasteiger partial charge in [0.1, 0.15) is 5.82 Å². The van der Waals surface area contributed by atoms with Crippen LogP contribution in [0, 0.1) is 11.7 Å². The molecule has 1 aliphatic rings. The number of nitrogen functional groups attached to an aromatic ring is 1. The Bertz CT molecular complexity index is 587. The lowest BCUT2D eigenvalue weighted by molar-refractivity contribution is 0.468. The minimum atomic E-state index is -0.449. The Kier molecular flexibility index (Phi) is 2.90. The Morgan fingerprint density at radius 1 is 1.39 bits per heavy atom. The second-order valence-corrected chi connectivity index (χ2v) is 5.39. The van der Waals surface area contributed by atoms with E-state index < -0.39 is 5.82 Å². The quantitative estimate of drug-likeness (QED) is 0.903. The van der Waals surface area contributed by atoms with Gasteiger partial charge in [0, 0.05) is 12.6 Å². The lowest BCUT2D eigenvalue weighted by Crippen LogP contribution is -2.10. The molecule has 3 nitrogen and oxygen atoms in total.